The molecule has 2 aromatic rings. The summed E-state index contributed by atoms with van der Waals surface area (Å²) in [5.41, 5.74) is 3.09. The molecule has 8 heteroatoms. The molecule has 2 aliphatic rings. The third kappa shape index (κ3) is 5.60. The number of anilines is 1. The number of carbonyl (C=O) groups excluding carboxylic acids is 1. The van der Waals surface area contributed by atoms with Gasteiger partial charge in [-0.2, -0.15) is 0 Å². The van der Waals surface area contributed by atoms with Gasteiger partial charge in [-0.3, -0.25) is 10.2 Å². The van der Waals surface area contributed by atoms with Crippen molar-refractivity contribution in [2.24, 2.45) is 0 Å². The molecule has 4 rings (SSSR count). The predicted octanol–water partition coefficient (Wildman–Crippen LogP) is 4.49. The van der Waals surface area contributed by atoms with Crippen molar-refractivity contribution >= 4 is 22.5 Å². The Hall–Kier alpha value is -2.16. The zero-order valence-corrected chi connectivity index (χ0v) is 20.0. The summed E-state index contributed by atoms with van der Waals surface area (Å²) in [6, 6.07) is 6.81. The van der Waals surface area contributed by atoms with E-state index in [9.17, 15) is 4.79 Å². The molecule has 2 amide bonds. The molecular weight excluding hydrogens is 424 g/mol. The molecule has 0 atom stereocenters. The summed E-state index contributed by atoms with van der Waals surface area (Å²) in [6.45, 7) is 7.23. The average Bonchev–Trinajstić information content (AvgIpc) is 3.31. The maximum absolute atomic E-state index is 12.8. The Balaban J connectivity index is 1.35. The number of methoxy groups -OCH3 is 1. The third-order valence-corrected chi connectivity index (χ3v) is 7.14. The van der Waals surface area contributed by atoms with Gasteiger partial charge >= 0.3 is 6.03 Å². The first-order valence-corrected chi connectivity index (χ1v) is 12.6. The van der Waals surface area contributed by atoms with Crippen LogP contribution in [-0.4, -0.2) is 73.4 Å². The summed E-state index contributed by atoms with van der Waals surface area (Å²) in [4.78, 5) is 21.9. The third-order valence-electron chi connectivity index (χ3n) is 6.39. The van der Waals surface area contributed by atoms with Crippen molar-refractivity contribution in [3.8, 4) is 17.0 Å². The van der Waals surface area contributed by atoms with Crippen LogP contribution in [0.5, 0.6) is 5.75 Å². The Morgan fingerprint density at radius 2 is 2.03 bits per heavy atom. The lowest BCUT2D eigenvalue weighted by molar-refractivity contribution is 0.0194. The van der Waals surface area contributed by atoms with Gasteiger partial charge in [0.1, 0.15) is 5.75 Å². The molecule has 0 spiro atoms. The molecule has 0 unspecified atom stereocenters. The van der Waals surface area contributed by atoms with Gasteiger partial charge in [0.15, 0.2) is 5.13 Å². The summed E-state index contributed by atoms with van der Waals surface area (Å²) >= 11 is 1.45. The minimum atomic E-state index is -0.0683. The van der Waals surface area contributed by atoms with Gasteiger partial charge in [0.25, 0.3) is 0 Å². The van der Waals surface area contributed by atoms with Crippen molar-refractivity contribution in [3.05, 3.63) is 29.1 Å². The number of aryl methyl sites for hydroxylation is 1. The molecule has 0 saturated carbocycles. The SMILES string of the molecule is CCCCc1ccc(OC)c(-c2csc(NC(=O)N3CCN(C4CCOCC4)CC3)n2)c1. The number of nitrogens with zero attached hydrogens (tertiary/aromatic N) is 3. The first kappa shape index (κ1) is 23.0. The molecule has 0 bridgehead atoms. The number of rotatable bonds is 7. The zero-order valence-electron chi connectivity index (χ0n) is 19.1. The lowest BCUT2D eigenvalue weighted by Gasteiger charge is -2.40. The number of unbranched alkanes of at least 4 members (excludes halogenated alkanes) is 1. The Labute approximate surface area is 194 Å². The van der Waals surface area contributed by atoms with Gasteiger partial charge < -0.3 is 14.4 Å². The number of urea groups is 1. The molecule has 1 N–H and O–H groups in total. The van der Waals surface area contributed by atoms with E-state index in [2.05, 4.69) is 34.3 Å². The van der Waals surface area contributed by atoms with E-state index in [4.69, 9.17) is 9.47 Å². The molecule has 0 radical (unpaired) electrons. The Kier molecular flexibility index (Phi) is 8.00. The van der Waals surface area contributed by atoms with E-state index >= 15 is 0 Å². The van der Waals surface area contributed by atoms with Crippen molar-refractivity contribution in [1.82, 2.24) is 14.8 Å². The zero-order chi connectivity index (χ0) is 22.3. The largest absolute Gasteiger partial charge is 0.496 e. The first-order valence-electron chi connectivity index (χ1n) is 11.7. The lowest BCUT2D eigenvalue weighted by atomic mass is 10.0. The van der Waals surface area contributed by atoms with Gasteiger partial charge in [-0.25, -0.2) is 9.78 Å². The summed E-state index contributed by atoms with van der Waals surface area (Å²) in [5.74, 6) is 0.803. The molecular formula is C24H34N4O3S. The van der Waals surface area contributed by atoms with Crippen LogP contribution in [0.15, 0.2) is 23.6 Å². The van der Waals surface area contributed by atoms with Crippen LogP contribution in [-0.2, 0) is 11.2 Å². The van der Waals surface area contributed by atoms with Gasteiger partial charge in [-0.05, 0) is 43.4 Å². The minimum Gasteiger partial charge on any atom is -0.496 e. The Bertz CT molecular complexity index is 889. The summed E-state index contributed by atoms with van der Waals surface area (Å²) in [5, 5.41) is 5.61. The summed E-state index contributed by atoms with van der Waals surface area (Å²) in [7, 11) is 1.68. The molecule has 7 nitrogen and oxygen atoms in total. The van der Waals surface area contributed by atoms with Crippen molar-refractivity contribution in [3.63, 3.8) is 0 Å². The fraction of sp³-hybridized carbons (Fsp3) is 0.583. The molecule has 1 aromatic heterocycles. The van der Waals surface area contributed by atoms with Gasteiger partial charge in [0.2, 0.25) is 0 Å². The molecule has 174 valence electrons. The van der Waals surface area contributed by atoms with Gasteiger partial charge in [-0.15, -0.1) is 11.3 Å². The lowest BCUT2D eigenvalue weighted by Crippen LogP contribution is -2.53. The second-order valence-corrected chi connectivity index (χ2v) is 9.33. The van der Waals surface area contributed by atoms with Crippen LogP contribution in [0.3, 0.4) is 0 Å². The molecule has 2 fully saturated rings. The number of aromatic nitrogens is 1. The second kappa shape index (κ2) is 11.1. The Morgan fingerprint density at radius 1 is 1.25 bits per heavy atom. The fourth-order valence-corrected chi connectivity index (χ4v) is 5.16. The highest BCUT2D eigenvalue weighted by Gasteiger charge is 2.27. The number of amides is 2. The Morgan fingerprint density at radius 3 is 2.75 bits per heavy atom. The highest BCUT2D eigenvalue weighted by Crippen LogP contribution is 2.33. The molecule has 0 aliphatic carbocycles. The average molecular weight is 459 g/mol. The van der Waals surface area contributed by atoms with Crippen LogP contribution in [0, 0.1) is 0 Å². The van der Waals surface area contributed by atoms with Crippen molar-refractivity contribution in [1.29, 1.82) is 0 Å². The number of hydrogen-bond acceptors (Lipinski definition) is 6. The quantitative estimate of drug-likeness (QED) is 0.662. The van der Waals surface area contributed by atoms with E-state index in [0.717, 1.165) is 88.5 Å². The number of benzene rings is 1. The van der Waals surface area contributed by atoms with Crippen LogP contribution < -0.4 is 10.1 Å². The monoisotopic (exact) mass is 458 g/mol. The normalized spacial score (nSPS) is 18.0. The van der Waals surface area contributed by atoms with Crippen molar-refractivity contribution in [2.75, 3.05) is 51.8 Å². The maximum Gasteiger partial charge on any atom is 0.323 e. The van der Waals surface area contributed by atoms with E-state index in [1.165, 1.54) is 16.9 Å². The van der Waals surface area contributed by atoms with Crippen molar-refractivity contribution < 1.29 is 14.3 Å². The molecule has 32 heavy (non-hydrogen) atoms. The van der Waals surface area contributed by atoms with Gasteiger partial charge in [0.05, 0.1) is 12.8 Å². The number of carbonyl (C=O) groups is 1. The number of thiazole rings is 1. The van der Waals surface area contributed by atoms with Crippen molar-refractivity contribution in [2.45, 2.75) is 45.1 Å². The highest BCUT2D eigenvalue weighted by atomic mass is 32.1. The molecule has 2 saturated heterocycles. The highest BCUT2D eigenvalue weighted by molar-refractivity contribution is 7.14. The van der Waals surface area contributed by atoms with Crippen LogP contribution in [0.2, 0.25) is 0 Å². The standard InChI is InChI=1S/C24H34N4O3S/c1-3-4-5-18-6-7-22(30-2)20(16-18)21-17-32-23(25-21)26-24(29)28-12-10-27(11-13-28)19-8-14-31-15-9-19/h6-7,16-17,19H,3-5,8-15H2,1-2H3,(H,25,26,29). The van der Waals surface area contributed by atoms with Crippen LogP contribution >= 0.6 is 11.3 Å². The molecule has 1 aromatic carbocycles. The van der Waals surface area contributed by atoms with E-state index < -0.39 is 0 Å². The number of piperazine rings is 1. The van der Waals surface area contributed by atoms with Crippen LogP contribution in [0.25, 0.3) is 11.3 Å². The fourth-order valence-electron chi connectivity index (χ4n) is 4.46. The number of nitrogens with one attached hydrogen (secondary N) is 1. The van der Waals surface area contributed by atoms with Crippen LogP contribution in [0.4, 0.5) is 9.93 Å². The maximum atomic E-state index is 12.8. The smallest absolute Gasteiger partial charge is 0.323 e. The first-order chi connectivity index (χ1) is 15.7. The topological polar surface area (TPSA) is 66.9 Å². The number of hydrogen-bond donors (Lipinski definition) is 1. The predicted molar refractivity (Wildman–Crippen MR) is 129 cm³/mol. The van der Waals surface area contributed by atoms with Crippen LogP contribution in [0.1, 0.15) is 38.2 Å². The molecule has 3 heterocycles. The van der Waals surface area contributed by atoms with E-state index in [-0.39, 0.29) is 6.03 Å². The number of ether oxygens (including phenoxy) is 2. The molecule has 2 aliphatic heterocycles. The minimum absolute atomic E-state index is 0.0683. The summed E-state index contributed by atoms with van der Waals surface area (Å²) < 4.78 is 11.0. The van der Waals surface area contributed by atoms with Gasteiger partial charge in [0, 0.05) is 56.4 Å². The van der Waals surface area contributed by atoms with E-state index in [1.54, 1.807) is 7.11 Å². The van der Waals surface area contributed by atoms with Gasteiger partial charge in [-0.1, -0.05) is 19.4 Å². The summed E-state index contributed by atoms with van der Waals surface area (Å²) in [6.07, 6.45) is 5.55. The second-order valence-electron chi connectivity index (χ2n) is 8.47. The van der Waals surface area contributed by atoms with E-state index in [0.29, 0.717) is 11.2 Å². The van der Waals surface area contributed by atoms with E-state index in [1.807, 2.05) is 16.3 Å².